The van der Waals surface area contributed by atoms with E-state index in [0.717, 1.165) is 44.6 Å². The van der Waals surface area contributed by atoms with E-state index in [-0.39, 0.29) is 57.3 Å². The first-order chi connectivity index (χ1) is 31.7. The summed E-state index contributed by atoms with van der Waals surface area (Å²) in [6.45, 7) is 3.75. The Hall–Kier alpha value is -7.18. The van der Waals surface area contributed by atoms with E-state index in [1.165, 1.54) is 65.3 Å². The average Bonchev–Trinajstić information content (AvgIpc) is 4.28. The molecule has 9 rings (SSSR count). The van der Waals surface area contributed by atoms with E-state index in [4.69, 9.17) is 0 Å². The van der Waals surface area contributed by atoms with E-state index in [9.17, 15) is 42.7 Å². The van der Waals surface area contributed by atoms with Gasteiger partial charge in [-0.1, -0.05) is 12.1 Å². The van der Waals surface area contributed by atoms with Gasteiger partial charge in [0.1, 0.15) is 11.6 Å². The molecule has 0 unspecified atom stereocenters. The Morgan fingerprint density at radius 3 is 1.44 bits per heavy atom. The van der Waals surface area contributed by atoms with E-state index in [2.05, 4.69) is 36.6 Å². The molecule has 6 aromatic rings. The van der Waals surface area contributed by atoms with Crippen LogP contribution in [-0.4, -0.2) is 69.2 Å². The summed E-state index contributed by atoms with van der Waals surface area (Å²) in [6.07, 6.45) is 8.93. The Labute approximate surface area is 385 Å². The molecule has 0 radical (unpaired) electrons. The Kier molecular flexibility index (Phi) is 13.4. The minimum Gasteiger partial charge on any atom is -0.478 e. The van der Waals surface area contributed by atoms with Crippen molar-refractivity contribution in [2.45, 2.75) is 64.5 Å². The van der Waals surface area contributed by atoms with E-state index >= 15 is 0 Å². The monoisotopic (exact) mass is 931 g/mol. The molecule has 2 heterocycles. The van der Waals surface area contributed by atoms with Crippen LogP contribution in [0.4, 0.5) is 19.0 Å². The zero-order chi connectivity index (χ0) is 46.6. The summed E-state index contributed by atoms with van der Waals surface area (Å²) in [5, 5.41) is 27.5. The number of carbonyl (C=O) groups is 6. The molecule has 4 aromatic carbocycles. The third-order valence-corrected chi connectivity index (χ3v) is 12.6. The number of thiazole rings is 2. The number of halogens is 2. The van der Waals surface area contributed by atoms with Gasteiger partial charge in [-0.3, -0.25) is 34.6 Å². The number of aromatic carboxylic acids is 1. The number of carboxylic acid groups (broad SMARTS) is 1. The van der Waals surface area contributed by atoms with Crippen molar-refractivity contribution >= 4 is 68.4 Å². The quantitative estimate of drug-likeness (QED) is 0.0617. The van der Waals surface area contributed by atoms with Gasteiger partial charge in [-0.05, 0) is 140 Å². The number of hydrogen-bond donors (Lipinski definition) is 6. The predicted molar refractivity (Wildman–Crippen MR) is 246 cm³/mol. The van der Waals surface area contributed by atoms with Crippen LogP contribution >= 0.6 is 22.7 Å². The van der Waals surface area contributed by atoms with Crippen LogP contribution in [0.25, 0.3) is 22.3 Å². The fraction of sp³-hybridized carbons (Fsp3) is 0.250. The molecule has 5 amide bonds. The van der Waals surface area contributed by atoms with Gasteiger partial charge < -0.3 is 21.1 Å². The first-order valence-corrected chi connectivity index (χ1v) is 22.9. The standard InChI is InChI=1S/C26H25FN4O3S.C22H18FN3O4S/c1-14-20(11-17(12-22(14)27)24(33)30-18-5-6-18)19-7-4-16(23(32)29-13-15-2-3-15)10-21(19)25(34)31-26-28-8-9-35-26;1-11-16(9-13(10-18(11)23)19(27)25-14-3-4-14)15-5-2-12(21(29)30)8-17(15)20(28)26-22-24-6-7-31-22/h4,7-12,15,18H,2-3,5-6,13H2,1H3,(H,29,32)(H,30,33)(H,28,31,34);2,5-10,14H,3-4H2,1H3,(H,25,27)(H,29,30)(H,24,26,28). The maximum atomic E-state index is 14.9. The Bertz CT molecular complexity index is 2880. The maximum Gasteiger partial charge on any atom is 0.335 e. The smallest absolute Gasteiger partial charge is 0.335 e. The highest BCUT2D eigenvalue weighted by Crippen LogP contribution is 2.34. The highest BCUT2D eigenvalue weighted by atomic mass is 32.1. The lowest BCUT2D eigenvalue weighted by molar-refractivity contribution is 0.0695. The first-order valence-electron chi connectivity index (χ1n) is 21.2. The van der Waals surface area contributed by atoms with Crippen LogP contribution in [0, 0.1) is 31.4 Å². The van der Waals surface area contributed by atoms with Gasteiger partial charge >= 0.3 is 5.97 Å². The van der Waals surface area contributed by atoms with Gasteiger partial charge in [-0.25, -0.2) is 23.5 Å². The van der Waals surface area contributed by atoms with E-state index in [1.54, 1.807) is 49.0 Å². The second kappa shape index (κ2) is 19.5. The summed E-state index contributed by atoms with van der Waals surface area (Å²) < 4.78 is 29.6. The summed E-state index contributed by atoms with van der Waals surface area (Å²) in [6, 6.07) is 14.5. The van der Waals surface area contributed by atoms with Gasteiger partial charge in [-0.15, -0.1) is 22.7 Å². The van der Waals surface area contributed by atoms with E-state index < -0.39 is 35.3 Å². The lowest BCUT2D eigenvalue weighted by Crippen LogP contribution is -2.26. The molecule has 66 heavy (non-hydrogen) atoms. The maximum absolute atomic E-state index is 14.9. The minimum atomic E-state index is -1.20. The molecule has 0 aliphatic heterocycles. The summed E-state index contributed by atoms with van der Waals surface area (Å²) in [7, 11) is 0. The summed E-state index contributed by atoms with van der Waals surface area (Å²) >= 11 is 2.47. The van der Waals surface area contributed by atoms with Gasteiger partial charge in [0.05, 0.1) is 5.56 Å². The van der Waals surface area contributed by atoms with Gasteiger partial charge in [0.25, 0.3) is 29.5 Å². The molecule has 0 atom stereocenters. The molecule has 0 spiro atoms. The van der Waals surface area contributed by atoms with Gasteiger partial charge in [-0.2, -0.15) is 0 Å². The topological polar surface area (TPSA) is 209 Å². The zero-order valence-electron chi connectivity index (χ0n) is 35.6. The van der Waals surface area contributed by atoms with Crippen LogP contribution < -0.4 is 26.6 Å². The number of benzene rings is 4. The highest BCUT2D eigenvalue weighted by Gasteiger charge is 2.28. The normalized spacial score (nSPS) is 14.0. The molecule has 6 N–H and O–H groups in total. The van der Waals surface area contributed by atoms with Gasteiger partial charge in [0.15, 0.2) is 10.3 Å². The number of carboxylic acids is 1. The highest BCUT2D eigenvalue weighted by molar-refractivity contribution is 7.14. The van der Waals surface area contributed by atoms with Crippen molar-refractivity contribution in [3.8, 4) is 22.3 Å². The third-order valence-electron chi connectivity index (χ3n) is 11.2. The SMILES string of the molecule is Cc1c(F)cc(C(=O)NC2CC2)cc1-c1ccc(C(=O)NCC2CC2)cc1C(=O)Nc1nccs1.Cc1c(F)cc(C(=O)NC2CC2)cc1-c1ccc(C(=O)O)cc1C(=O)Nc1nccs1. The zero-order valence-corrected chi connectivity index (χ0v) is 37.3. The summed E-state index contributed by atoms with van der Waals surface area (Å²) in [5.74, 6) is -3.88. The minimum absolute atomic E-state index is 0.0392. The fourth-order valence-corrected chi connectivity index (χ4v) is 7.99. The molecule has 14 nitrogen and oxygen atoms in total. The lowest BCUT2D eigenvalue weighted by atomic mass is 9.92. The molecule has 2 aromatic heterocycles. The average molecular weight is 932 g/mol. The van der Waals surface area contributed by atoms with Crippen molar-refractivity contribution in [3.63, 3.8) is 0 Å². The Morgan fingerprint density at radius 1 is 0.576 bits per heavy atom. The van der Waals surface area contributed by atoms with Gasteiger partial charge in [0.2, 0.25) is 0 Å². The number of nitrogens with zero attached hydrogens (tertiary/aromatic N) is 2. The molecule has 3 aliphatic rings. The van der Waals surface area contributed by atoms with Crippen LogP contribution in [0.5, 0.6) is 0 Å². The van der Waals surface area contributed by atoms with Crippen LogP contribution in [0.1, 0.15) is 112 Å². The molecule has 0 bridgehead atoms. The van der Waals surface area contributed by atoms with Crippen molar-refractivity contribution in [3.05, 3.63) is 140 Å². The molecule has 18 heteroatoms. The molecule has 0 saturated heterocycles. The van der Waals surface area contributed by atoms with Crippen molar-refractivity contribution in [1.82, 2.24) is 25.9 Å². The van der Waals surface area contributed by atoms with Crippen molar-refractivity contribution in [2.24, 2.45) is 5.92 Å². The van der Waals surface area contributed by atoms with Crippen LogP contribution in [0.2, 0.25) is 0 Å². The molecular weight excluding hydrogens is 889 g/mol. The molecule has 338 valence electrons. The van der Waals surface area contributed by atoms with Crippen LogP contribution in [0.15, 0.2) is 83.8 Å². The van der Waals surface area contributed by atoms with E-state index in [1.807, 2.05) is 0 Å². The van der Waals surface area contributed by atoms with E-state index in [0.29, 0.717) is 56.1 Å². The number of anilines is 2. The van der Waals surface area contributed by atoms with Crippen molar-refractivity contribution in [2.75, 3.05) is 17.2 Å². The largest absolute Gasteiger partial charge is 0.478 e. The second-order valence-electron chi connectivity index (χ2n) is 16.3. The number of aromatic nitrogens is 2. The van der Waals surface area contributed by atoms with Crippen LogP contribution in [0.3, 0.4) is 0 Å². The Morgan fingerprint density at radius 2 is 1.03 bits per heavy atom. The molecule has 3 aliphatic carbocycles. The summed E-state index contributed by atoms with van der Waals surface area (Å²) in [4.78, 5) is 83.6. The number of rotatable bonds is 14. The third kappa shape index (κ3) is 11.0. The predicted octanol–water partition coefficient (Wildman–Crippen LogP) is 8.64. The number of nitrogens with one attached hydrogen (secondary N) is 5. The van der Waals surface area contributed by atoms with Crippen molar-refractivity contribution < 1.29 is 42.7 Å². The van der Waals surface area contributed by atoms with Crippen molar-refractivity contribution in [1.29, 1.82) is 0 Å². The fourth-order valence-electron chi connectivity index (χ4n) is 6.94. The summed E-state index contributed by atoms with van der Waals surface area (Å²) in [5.41, 5.74) is 2.85. The first kappa shape index (κ1) is 45.4. The number of carbonyl (C=O) groups excluding carboxylic acids is 5. The molecule has 3 fully saturated rings. The molecular formula is C48H43F2N7O7S2. The number of amides is 5. The second-order valence-corrected chi connectivity index (χ2v) is 18.1. The van der Waals surface area contributed by atoms with Gasteiger partial charge in [0, 0.05) is 69.6 Å². The number of hydrogen-bond acceptors (Lipinski definition) is 10. The molecule has 3 saturated carbocycles. The van der Waals surface area contributed by atoms with Crippen LogP contribution in [-0.2, 0) is 0 Å². The Balaban J connectivity index is 0.000000181. The lowest BCUT2D eigenvalue weighted by Gasteiger charge is -2.16.